The van der Waals surface area contributed by atoms with E-state index in [0.717, 1.165) is 34.7 Å². The first kappa shape index (κ1) is 19.3. The highest BCUT2D eigenvalue weighted by Crippen LogP contribution is 2.25. The molecule has 0 unspecified atom stereocenters. The van der Waals surface area contributed by atoms with Crippen molar-refractivity contribution in [2.24, 2.45) is 5.10 Å². The van der Waals surface area contributed by atoms with Gasteiger partial charge in [0.25, 0.3) is 0 Å². The van der Waals surface area contributed by atoms with Crippen LogP contribution < -0.4 is 10.2 Å². The third-order valence-corrected chi connectivity index (χ3v) is 4.45. The SMILES string of the molecule is COc1ccc(-c2nn(-c3ccccc3)cc2C=NNc2ccc(F)cc2F)cc1. The molecule has 7 heteroatoms. The Balaban J connectivity index is 1.68. The van der Waals surface area contributed by atoms with E-state index >= 15 is 0 Å². The molecule has 4 aromatic rings. The van der Waals surface area contributed by atoms with Crippen molar-refractivity contribution in [1.82, 2.24) is 9.78 Å². The van der Waals surface area contributed by atoms with E-state index in [1.54, 1.807) is 18.0 Å². The lowest BCUT2D eigenvalue weighted by Crippen LogP contribution is -1.95. The Morgan fingerprint density at radius 3 is 2.47 bits per heavy atom. The molecule has 1 aromatic heterocycles. The molecule has 1 N–H and O–H groups in total. The molecule has 150 valence electrons. The van der Waals surface area contributed by atoms with Gasteiger partial charge in [0.15, 0.2) is 5.82 Å². The number of anilines is 1. The average molecular weight is 404 g/mol. The van der Waals surface area contributed by atoms with Crippen molar-refractivity contribution < 1.29 is 13.5 Å². The van der Waals surface area contributed by atoms with Gasteiger partial charge in [0.05, 0.1) is 24.7 Å². The number of nitrogens with zero attached hydrogens (tertiary/aromatic N) is 3. The maximum Gasteiger partial charge on any atom is 0.151 e. The first-order chi connectivity index (χ1) is 14.6. The Labute approximate surface area is 172 Å². The molecule has 0 atom stereocenters. The highest BCUT2D eigenvalue weighted by atomic mass is 19.1. The van der Waals surface area contributed by atoms with Gasteiger partial charge in [0, 0.05) is 23.4 Å². The second kappa shape index (κ2) is 8.57. The number of hydrazone groups is 1. The maximum atomic E-state index is 13.8. The summed E-state index contributed by atoms with van der Waals surface area (Å²) in [6.07, 6.45) is 3.38. The van der Waals surface area contributed by atoms with Crippen molar-refractivity contribution in [3.63, 3.8) is 0 Å². The quantitative estimate of drug-likeness (QED) is 0.352. The number of hydrogen-bond donors (Lipinski definition) is 1. The normalized spacial score (nSPS) is 11.0. The summed E-state index contributed by atoms with van der Waals surface area (Å²) in [6, 6.07) is 20.4. The van der Waals surface area contributed by atoms with E-state index < -0.39 is 11.6 Å². The topological polar surface area (TPSA) is 51.4 Å². The summed E-state index contributed by atoms with van der Waals surface area (Å²) in [5.74, 6) is -0.625. The van der Waals surface area contributed by atoms with Crippen molar-refractivity contribution in [1.29, 1.82) is 0 Å². The standard InChI is InChI=1S/C23H18F2N4O/c1-30-20-10-7-16(8-11-20)23-17(15-29(28-23)19-5-3-2-4-6-19)14-26-27-22-12-9-18(24)13-21(22)25/h2-15,27H,1H3. The predicted octanol–water partition coefficient (Wildman–Crippen LogP) is 5.27. The van der Waals surface area contributed by atoms with Crippen molar-refractivity contribution >= 4 is 11.9 Å². The lowest BCUT2D eigenvalue weighted by Gasteiger charge is -2.03. The molecule has 1 heterocycles. The van der Waals surface area contributed by atoms with Gasteiger partial charge in [-0.25, -0.2) is 13.5 Å². The van der Waals surface area contributed by atoms with Crippen LogP contribution in [-0.4, -0.2) is 23.1 Å². The van der Waals surface area contributed by atoms with E-state index in [9.17, 15) is 8.78 Å². The molecular weight excluding hydrogens is 386 g/mol. The Morgan fingerprint density at radius 1 is 1.00 bits per heavy atom. The number of hydrogen-bond acceptors (Lipinski definition) is 4. The molecule has 4 rings (SSSR count). The molecule has 0 aliphatic rings. The third kappa shape index (κ3) is 4.20. The minimum Gasteiger partial charge on any atom is -0.497 e. The minimum atomic E-state index is -0.720. The van der Waals surface area contributed by atoms with Gasteiger partial charge in [-0.1, -0.05) is 18.2 Å². The van der Waals surface area contributed by atoms with Crippen LogP contribution in [0.1, 0.15) is 5.56 Å². The van der Waals surface area contributed by atoms with Gasteiger partial charge in [-0.05, 0) is 48.5 Å². The minimum absolute atomic E-state index is 0.0779. The summed E-state index contributed by atoms with van der Waals surface area (Å²) >= 11 is 0. The van der Waals surface area contributed by atoms with Crippen molar-refractivity contribution in [3.8, 4) is 22.7 Å². The largest absolute Gasteiger partial charge is 0.497 e. The Bertz CT molecular complexity index is 1170. The summed E-state index contributed by atoms with van der Waals surface area (Å²) in [4.78, 5) is 0. The summed E-state index contributed by atoms with van der Waals surface area (Å²) in [5.41, 5.74) is 5.87. The van der Waals surface area contributed by atoms with Gasteiger partial charge in [-0.15, -0.1) is 0 Å². The van der Waals surface area contributed by atoms with Gasteiger partial charge >= 0.3 is 0 Å². The van der Waals surface area contributed by atoms with Gasteiger partial charge in [0.2, 0.25) is 0 Å². The molecule has 3 aromatic carbocycles. The molecule has 0 fully saturated rings. The van der Waals surface area contributed by atoms with E-state index in [-0.39, 0.29) is 5.69 Å². The zero-order valence-corrected chi connectivity index (χ0v) is 16.1. The van der Waals surface area contributed by atoms with Crippen LogP contribution >= 0.6 is 0 Å². The fourth-order valence-corrected chi connectivity index (χ4v) is 2.92. The van der Waals surface area contributed by atoms with Gasteiger partial charge in [-0.3, -0.25) is 5.43 Å². The molecule has 0 aliphatic heterocycles. The summed E-state index contributed by atoms with van der Waals surface area (Å²) < 4.78 is 33.8. The first-order valence-electron chi connectivity index (χ1n) is 9.17. The summed E-state index contributed by atoms with van der Waals surface area (Å²) in [5, 5.41) is 8.81. The fourth-order valence-electron chi connectivity index (χ4n) is 2.92. The number of ether oxygens (including phenoxy) is 1. The van der Waals surface area contributed by atoms with Gasteiger partial charge in [0.1, 0.15) is 17.3 Å². The number of para-hydroxylation sites is 1. The third-order valence-electron chi connectivity index (χ3n) is 4.45. The molecule has 0 amide bonds. The molecule has 0 saturated carbocycles. The maximum absolute atomic E-state index is 13.8. The van der Waals surface area contributed by atoms with Crippen molar-refractivity contribution in [3.05, 3.63) is 96.2 Å². The lowest BCUT2D eigenvalue weighted by molar-refractivity contribution is 0.415. The molecule has 0 radical (unpaired) electrons. The van der Waals surface area contributed by atoms with Crippen molar-refractivity contribution in [2.75, 3.05) is 12.5 Å². The van der Waals surface area contributed by atoms with E-state index in [2.05, 4.69) is 10.5 Å². The number of halogens is 2. The second-order valence-electron chi connectivity index (χ2n) is 6.44. The zero-order chi connectivity index (χ0) is 20.9. The zero-order valence-electron chi connectivity index (χ0n) is 16.1. The van der Waals surface area contributed by atoms with Crippen LogP contribution in [0, 0.1) is 11.6 Å². The highest BCUT2D eigenvalue weighted by molar-refractivity contribution is 5.89. The molecule has 30 heavy (non-hydrogen) atoms. The van der Waals surface area contributed by atoms with E-state index in [0.29, 0.717) is 5.69 Å². The van der Waals surface area contributed by atoms with Gasteiger partial charge in [-0.2, -0.15) is 10.2 Å². The van der Waals surface area contributed by atoms with Crippen LogP contribution in [0.25, 0.3) is 16.9 Å². The summed E-state index contributed by atoms with van der Waals surface area (Å²) in [6.45, 7) is 0. The number of rotatable bonds is 6. The number of aromatic nitrogens is 2. The number of nitrogens with one attached hydrogen (secondary N) is 1. The molecule has 5 nitrogen and oxygen atoms in total. The van der Waals surface area contributed by atoms with Crippen LogP contribution in [-0.2, 0) is 0 Å². The number of methoxy groups -OCH3 is 1. The van der Waals surface area contributed by atoms with Gasteiger partial charge < -0.3 is 4.74 Å². The van der Waals surface area contributed by atoms with E-state index in [4.69, 9.17) is 9.84 Å². The van der Waals surface area contributed by atoms with E-state index in [1.165, 1.54) is 6.07 Å². The molecule has 0 spiro atoms. The van der Waals surface area contributed by atoms with Crippen molar-refractivity contribution in [2.45, 2.75) is 0 Å². The number of benzene rings is 3. The Kier molecular flexibility index (Phi) is 5.52. The molecule has 0 saturated heterocycles. The van der Waals surface area contributed by atoms with Crippen LogP contribution in [0.3, 0.4) is 0 Å². The summed E-state index contributed by atoms with van der Waals surface area (Å²) in [7, 11) is 1.61. The average Bonchev–Trinajstić information content (AvgIpc) is 3.20. The predicted molar refractivity (Wildman–Crippen MR) is 113 cm³/mol. The lowest BCUT2D eigenvalue weighted by atomic mass is 10.1. The first-order valence-corrected chi connectivity index (χ1v) is 9.17. The Hall–Kier alpha value is -4.00. The second-order valence-corrected chi connectivity index (χ2v) is 6.44. The van der Waals surface area contributed by atoms with E-state index in [1.807, 2.05) is 60.8 Å². The van der Waals surface area contributed by atoms with Crippen LogP contribution in [0.15, 0.2) is 84.1 Å². The van der Waals surface area contributed by atoms with Crippen LogP contribution in [0.5, 0.6) is 5.75 Å². The van der Waals surface area contributed by atoms with Crippen LogP contribution in [0.2, 0.25) is 0 Å². The molecular formula is C23H18F2N4O. The van der Waals surface area contributed by atoms with Crippen LogP contribution in [0.4, 0.5) is 14.5 Å². The Morgan fingerprint density at radius 2 is 1.77 bits per heavy atom. The molecule has 0 bridgehead atoms. The monoisotopic (exact) mass is 404 g/mol. The fraction of sp³-hybridized carbons (Fsp3) is 0.0435. The highest BCUT2D eigenvalue weighted by Gasteiger charge is 2.11. The smallest absolute Gasteiger partial charge is 0.151 e. The molecule has 0 aliphatic carbocycles.